The molecule has 0 N–H and O–H groups in total. The summed E-state index contributed by atoms with van der Waals surface area (Å²) in [5, 5.41) is 4.33. The van der Waals surface area contributed by atoms with Crippen LogP contribution in [0.5, 0.6) is 5.88 Å². The lowest BCUT2D eigenvalue weighted by Crippen LogP contribution is -2.03. The molecule has 2 aromatic heterocycles. The predicted molar refractivity (Wildman–Crippen MR) is 81.6 cm³/mol. The lowest BCUT2D eigenvalue weighted by molar-refractivity contribution is -0.137. The van der Waals surface area contributed by atoms with Crippen molar-refractivity contribution in [2.75, 3.05) is 6.61 Å². The van der Waals surface area contributed by atoms with Crippen molar-refractivity contribution >= 4 is 5.65 Å². The Bertz CT molecular complexity index is 867. The first-order valence-corrected chi connectivity index (χ1v) is 7.66. The highest BCUT2D eigenvalue weighted by Crippen LogP contribution is 2.31. The van der Waals surface area contributed by atoms with Crippen LogP contribution in [0.3, 0.4) is 0 Å². The van der Waals surface area contributed by atoms with Crippen molar-refractivity contribution < 1.29 is 17.9 Å². The molecule has 2 heterocycles. The number of nitrogens with zero attached hydrogens (tertiary/aromatic N) is 3. The number of ether oxygens (including phenoxy) is 1. The van der Waals surface area contributed by atoms with E-state index in [-0.39, 0.29) is 0 Å². The van der Waals surface area contributed by atoms with Gasteiger partial charge in [-0.2, -0.15) is 13.2 Å². The van der Waals surface area contributed by atoms with Gasteiger partial charge < -0.3 is 4.74 Å². The van der Waals surface area contributed by atoms with Gasteiger partial charge in [-0.3, -0.25) is 0 Å². The molecule has 3 aromatic rings. The molecule has 0 radical (unpaired) electrons. The van der Waals surface area contributed by atoms with Gasteiger partial charge in [0.05, 0.1) is 24.1 Å². The second-order valence-electron chi connectivity index (χ2n) is 5.93. The Morgan fingerprint density at radius 2 is 1.83 bits per heavy atom. The van der Waals surface area contributed by atoms with Gasteiger partial charge in [-0.25, -0.2) is 9.50 Å². The Kier molecular flexibility index (Phi) is 3.44. The Labute approximate surface area is 135 Å². The van der Waals surface area contributed by atoms with Crippen LogP contribution in [0.1, 0.15) is 18.4 Å². The maximum absolute atomic E-state index is 12.6. The first-order valence-electron chi connectivity index (χ1n) is 7.66. The third-order valence-electron chi connectivity index (χ3n) is 3.97. The second kappa shape index (κ2) is 5.51. The Balaban J connectivity index is 1.59. The van der Waals surface area contributed by atoms with Gasteiger partial charge in [-0.15, -0.1) is 5.10 Å². The van der Waals surface area contributed by atoms with E-state index in [1.807, 2.05) is 0 Å². The molecular weight excluding hydrogens is 319 g/mol. The molecule has 4 nitrogen and oxygen atoms in total. The highest BCUT2D eigenvalue weighted by molar-refractivity contribution is 5.62. The van der Waals surface area contributed by atoms with Crippen molar-refractivity contribution in [3.05, 3.63) is 48.2 Å². The number of hydrogen-bond acceptors (Lipinski definition) is 3. The topological polar surface area (TPSA) is 39.4 Å². The predicted octanol–water partition coefficient (Wildman–Crippen LogP) is 4.20. The van der Waals surface area contributed by atoms with E-state index in [9.17, 15) is 13.2 Å². The fraction of sp³-hybridized carbons (Fsp3) is 0.294. The summed E-state index contributed by atoms with van der Waals surface area (Å²) < 4.78 is 45.1. The van der Waals surface area contributed by atoms with Crippen molar-refractivity contribution in [2.24, 2.45) is 5.92 Å². The number of aromatic nitrogens is 3. The number of fused-ring (bicyclic) bond motifs is 1. The average Bonchev–Trinajstić information content (AvgIpc) is 3.29. The number of imidazole rings is 1. The minimum atomic E-state index is -4.34. The van der Waals surface area contributed by atoms with Crippen LogP contribution in [0.25, 0.3) is 16.9 Å². The summed E-state index contributed by atoms with van der Waals surface area (Å²) in [5.74, 6) is 1.15. The van der Waals surface area contributed by atoms with Crippen LogP contribution in [-0.4, -0.2) is 21.2 Å². The molecule has 0 amide bonds. The minimum absolute atomic E-state index is 0.519. The standard InChI is InChI=1S/C17H14F3N3O/c18-17(19,20)13-5-3-12(4-6-13)14-9-23-15(21-14)7-8-16(22-23)24-10-11-1-2-11/h3-9,11H,1-2,10H2. The summed E-state index contributed by atoms with van der Waals surface area (Å²) in [7, 11) is 0. The molecule has 1 aliphatic rings. The Hall–Kier alpha value is -2.57. The molecule has 1 saturated carbocycles. The summed E-state index contributed by atoms with van der Waals surface area (Å²) >= 11 is 0. The third kappa shape index (κ3) is 3.06. The van der Waals surface area contributed by atoms with Crippen LogP contribution in [0, 0.1) is 5.92 Å². The molecule has 0 atom stereocenters. The lowest BCUT2D eigenvalue weighted by atomic mass is 10.1. The number of hydrogen-bond donors (Lipinski definition) is 0. The maximum atomic E-state index is 12.6. The van der Waals surface area contributed by atoms with E-state index in [1.54, 1.807) is 22.8 Å². The highest BCUT2D eigenvalue weighted by Gasteiger charge is 2.30. The monoisotopic (exact) mass is 333 g/mol. The molecule has 124 valence electrons. The van der Waals surface area contributed by atoms with Gasteiger partial charge >= 0.3 is 6.18 Å². The zero-order chi connectivity index (χ0) is 16.7. The van der Waals surface area contributed by atoms with Crippen molar-refractivity contribution in [2.45, 2.75) is 19.0 Å². The van der Waals surface area contributed by atoms with E-state index < -0.39 is 11.7 Å². The van der Waals surface area contributed by atoms with E-state index in [2.05, 4.69) is 10.1 Å². The van der Waals surface area contributed by atoms with Crippen LogP contribution in [0.4, 0.5) is 13.2 Å². The van der Waals surface area contributed by atoms with Gasteiger partial charge in [0.2, 0.25) is 5.88 Å². The molecule has 1 aromatic carbocycles. The normalized spacial score (nSPS) is 15.0. The molecule has 4 rings (SSSR count). The van der Waals surface area contributed by atoms with E-state index in [4.69, 9.17) is 4.74 Å². The van der Waals surface area contributed by atoms with Gasteiger partial charge in [0.15, 0.2) is 5.65 Å². The molecule has 0 aliphatic heterocycles. The van der Waals surface area contributed by atoms with Crippen molar-refractivity contribution in [1.29, 1.82) is 0 Å². The Morgan fingerprint density at radius 3 is 2.50 bits per heavy atom. The van der Waals surface area contributed by atoms with E-state index in [0.717, 1.165) is 12.1 Å². The zero-order valence-corrected chi connectivity index (χ0v) is 12.6. The number of rotatable bonds is 4. The van der Waals surface area contributed by atoms with Gasteiger partial charge in [0.1, 0.15) is 0 Å². The second-order valence-corrected chi connectivity index (χ2v) is 5.93. The molecular formula is C17H14F3N3O. The fourth-order valence-electron chi connectivity index (χ4n) is 2.40. The lowest BCUT2D eigenvalue weighted by Gasteiger charge is -2.06. The molecule has 0 unspecified atom stereocenters. The summed E-state index contributed by atoms with van der Waals surface area (Å²) in [6.45, 7) is 0.666. The van der Waals surface area contributed by atoms with Gasteiger partial charge in [0.25, 0.3) is 0 Å². The summed E-state index contributed by atoms with van der Waals surface area (Å²) in [4.78, 5) is 4.39. The smallest absolute Gasteiger partial charge is 0.416 e. The number of alkyl halides is 3. The van der Waals surface area contributed by atoms with Crippen LogP contribution in [0.15, 0.2) is 42.6 Å². The summed E-state index contributed by atoms with van der Waals surface area (Å²) in [5.41, 5.74) is 1.11. The molecule has 1 aliphatic carbocycles. The highest BCUT2D eigenvalue weighted by atomic mass is 19.4. The average molecular weight is 333 g/mol. The van der Waals surface area contributed by atoms with E-state index in [0.29, 0.717) is 35.3 Å². The van der Waals surface area contributed by atoms with Gasteiger partial charge in [-0.05, 0) is 37.0 Å². The molecule has 0 bridgehead atoms. The van der Waals surface area contributed by atoms with E-state index >= 15 is 0 Å². The first-order chi connectivity index (χ1) is 11.5. The third-order valence-corrected chi connectivity index (χ3v) is 3.97. The minimum Gasteiger partial charge on any atom is -0.476 e. The van der Waals surface area contributed by atoms with Gasteiger partial charge in [0, 0.05) is 11.6 Å². The van der Waals surface area contributed by atoms with Crippen LogP contribution in [-0.2, 0) is 6.18 Å². The molecule has 0 spiro atoms. The maximum Gasteiger partial charge on any atom is 0.416 e. The molecule has 7 heteroatoms. The van der Waals surface area contributed by atoms with E-state index in [1.165, 1.54) is 25.0 Å². The number of halogens is 3. The fourth-order valence-corrected chi connectivity index (χ4v) is 2.40. The SMILES string of the molecule is FC(F)(F)c1ccc(-c2cn3nc(OCC4CC4)ccc3n2)cc1. The molecule has 0 saturated heterocycles. The largest absolute Gasteiger partial charge is 0.476 e. The van der Waals surface area contributed by atoms with Crippen molar-refractivity contribution in [3.8, 4) is 17.1 Å². The van der Waals surface area contributed by atoms with Crippen molar-refractivity contribution in [1.82, 2.24) is 14.6 Å². The van der Waals surface area contributed by atoms with Crippen LogP contribution >= 0.6 is 0 Å². The van der Waals surface area contributed by atoms with Crippen molar-refractivity contribution in [3.63, 3.8) is 0 Å². The molecule has 24 heavy (non-hydrogen) atoms. The summed E-state index contributed by atoms with van der Waals surface area (Å²) in [6, 6.07) is 8.46. The van der Waals surface area contributed by atoms with Crippen LogP contribution < -0.4 is 4.74 Å². The molecule has 1 fully saturated rings. The zero-order valence-electron chi connectivity index (χ0n) is 12.6. The quantitative estimate of drug-likeness (QED) is 0.718. The summed E-state index contributed by atoms with van der Waals surface area (Å²) in [6.07, 6.45) is -0.258. The Morgan fingerprint density at radius 1 is 1.08 bits per heavy atom. The number of benzene rings is 1. The van der Waals surface area contributed by atoms with Crippen LogP contribution in [0.2, 0.25) is 0 Å². The first kappa shape index (κ1) is 15.0. The van der Waals surface area contributed by atoms with Gasteiger partial charge in [-0.1, -0.05) is 12.1 Å².